The normalized spacial score (nSPS) is 12.6. The van der Waals surface area contributed by atoms with Gasteiger partial charge in [-0.25, -0.2) is 0 Å². The molecule has 0 saturated heterocycles. The van der Waals surface area contributed by atoms with E-state index in [1.807, 2.05) is 18.2 Å². The number of rotatable bonds is 4. The van der Waals surface area contributed by atoms with E-state index in [0.29, 0.717) is 0 Å². The SMILES string of the molecule is NNC(Cc1ccccc1Br)c1cccs1. The summed E-state index contributed by atoms with van der Waals surface area (Å²) in [4.78, 5) is 1.26. The minimum absolute atomic E-state index is 0.179. The van der Waals surface area contributed by atoms with Crippen molar-refractivity contribution in [3.8, 4) is 0 Å². The average Bonchev–Trinajstić information content (AvgIpc) is 2.81. The van der Waals surface area contributed by atoms with E-state index in [1.54, 1.807) is 11.3 Å². The van der Waals surface area contributed by atoms with Crippen LogP contribution in [-0.4, -0.2) is 0 Å². The largest absolute Gasteiger partial charge is 0.271 e. The first-order valence-corrected chi connectivity index (χ1v) is 6.71. The quantitative estimate of drug-likeness (QED) is 0.671. The van der Waals surface area contributed by atoms with Crippen molar-refractivity contribution < 1.29 is 0 Å². The first-order chi connectivity index (χ1) is 7.81. The van der Waals surface area contributed by atoms with E-state index >= 15 is 0 Å². The second-order valence-corrected chi connectivity index (χ2v) is 5.36. The first-order valence-electron chi connectivity index (χ1n) is 5.04. The highest BCUT2D eigenvalue weighted by Crippen LogP contribution is 2.25. The van der Waals surface area contributed by atoms with Gasteiger partial charge in [0, 0.05) is 9.35 Å². The summed E-state index contributed by atoms with van der Waals surface area (Å²) in [5, 5.41) is 2.07. The first kappa shape index (κ1) is 11.8. The molecule has 0 aliphatic rings. The molecule has 2 nitrogen and oxygen atoms in total. The maximum absolute atomic E-state index is 5.60. The third kappa shape index (κ3) is 2.71. The Morgan fingerprint density at radius 2 is 2.06 bits per heavy atom. The van der Waals surface area contributed by atoms with Gasteiger partial charge in [0.15, 0.2) is 0 Å². The lowest BCUT2D eigenvalue weighted by molar-refractivity contribution is 0.560. The van der Waals surface area contributed by atoms with Crippen LogP contribution in [0.3, 0.4) is 0 Å². The molecule has 0 spiro atoms. The van der Waals surface area contributed by atoms with Gasteiger partial charge in [0.2, 0.25) is 0 Å². The van der Waals surface area contributed by atoms with Gasteiger partial charge in [-0.2, -0.15) is 0 Å². The van der Waals surface area contributed by atoms with Gasteiger partial charge in [-0.05, 0) is 29.5 Å². The van der Waals surface area contributed by atoms with Crippen LogP contribution < -0.4 is 11.3 Å². The van der Waals surface area contributed by atoms with Crippen molar-refractivity contribution in [2.45, 2.75) is 12.5 Å². The summed E-state index contributed by atoms with van der Waals surface area (Å²) in [5.74, 6) is 5.60. The van der Waals surface area contributed by atoms with Crippen LogP contribution in [0.4, 0.5) is 0 Å². The molecule has 4 heteroatoms. The minimum Gasteiger partial charge on any atom is -0.271 e. The van der Waals surface area contributed by atoms with Crippen LogP contribution in [-0.2, 0) is 6.42 Å². The zero-order chi connectivity index (χ0) is 11.4. The Balaban J connectivity index is 2.17. The molecule has 0 aliphatic carbocycles. The lowest BCUT2D eigenvalue weighted by Gasteiger charge is -2.15. The molecule has 1 atom stereocenters. The van der Waals surface area contributed by atoms with Gasteiger partial charge < -0.3 is 0 Å². The summed E-state index contributed by atoms with van der Waals surface area (Å²) in [6.45, 7) is 0. The molecule has 1 aromatic carbocycles. The Kier molecular flexibility index (Phi) is 4.12. The summed E-state index contributed by atoms with van der Waals surface area (Å²) in [6, 6.07) is 12.6. The predicted octanol–water partition coefficient (Wildman–Crippen LogP) is 3.26. The maximum atomic E-state index is 5.60. The lowest BCUT2D eigenvalue weighted by atomic mass is 10.1. The monoisotopic (exact) mass is 296 g/mol. The molecular formula is C12H13BrN2S. The van der Waals surface area contributed by atoms with Crippen LogP contribution in [0.15, 0.2) is 46.3 Å². The Labute approximate surface area is 108 Å². The van der Waals surface area contributed by atoms with Crippen LogP contribution in [0.25, 0.3) is 0 Å². The van der Waals surface area contributed by atoms with Gasteiger partial charge in [-0.3, -0.25) is 11.3 Å². The van der Waals surface area contributed by atoms with Crippen LogP contribution in [0.5, 0.6) is 0 Å². The number of nitrogens with one attached hydrogen (secondary N) is 1. The Hall–Kier alpha value is -0.680. The van der Waals surface area contributed by atoms with Crippen molar-refractivity contribution in [1.82, 2.24) is 5.43 Å². The summed E-state index contributed by atoms with van der Waals surface area (Å²) < 4.78 is 1.13. The van der Waals surface area contributed by atoms with Gasteiger partial charge in [-0.1, -0.05) is 40.2 Å². The van der Waals surface area contributed by atoms with Crippen molar-refractivity contribution in [3.63, 3.8) is 0 Å². The van der Waals surface area contributed by atoms with E-state index < -0.39 is 0 Å². The fourth-order valence-corrected chi connectivity index (χ4v) is 2.85. The molecule has 0 aliphatic heterocycles. The highest BCUT2D eigenvalue weighted by atomic mass is 79.9. The van der Waals surface area contributed by atoms with Gasteiger partial charge in [0.05, 0.1) is 6.04 Å². The topological polar surface area (TPSA) is 38.0 Å². The van der Waals surface area contributed by atoms with Gasteiger partial charge in [0.1, 0.15) is 0 Å². The third-order valence-electron chi connectivity index (χ3n) is 2.47. The molecule has 0 radical (unpaired) electrons. The van der Waals surface area contributed by atoms with E-state index in [4.69, 9.17) is 5.84 Å². The zero-order valence-corrected chi connectivity index (χ0v) is 11.1. The number of nitrogens with two attached hydrogens (primary N) is 1. The van der Waals surface area contributed by atoms with Crippen molar-refractivity contribution in [3.05, 3.63) is 56.7 Å². The van der Waals surface area contributed by atoms with E-state index in [0.717, 1.165) is 10.9 Å². The summed E-state index contributed by atoms with van der Waals surface area (Å²) >= 11 is 5.27. The Morgan fingerprint density at radius 3 is 2.69 bits per heavy atom. The number of hydrogen-bond donors (Lipinski definition) is 2. The van der Waals surface area contributed by atoms with Crippen LogP contribution in [0.1, 0.15) is 16.5 Å². The molecule has 2 aromatic rings. The standard InChI is InChI=1S/C12H13BrN2S/c13-10-5-2-1-4-9(10)8-11(15-14)12-6-3-7-16-12/h1-7,11,15H,8,14H2. The molecule has 1 heterocycles. The molecule has 1 aromatic heterocycles. The molecule has 16 heavy (non-hydrogen) atoms. The fraction of sp³-hybridized carbons (Fsp3) is 0.167. The molecule has 0 fully saturated rings. The lowest BCUT2D eigenvalue weighted by Crippen LogP contribution is -2.29. The van der Waals surface area contributed by atoms with E-state index in [1.165, 1.54) is 10.4 Å². The molecule has 0 bridgehead atoms. The maximum Gasteiger partial charge on any atom is 0.0593 e. The summed E-state index contributed by atoms with van der Waals surface area (Å²) in [7, 11) is 0. The van der Waals surface area contributed by atoms with E-state index in [2.05, 4.69) is 44.9 Å². The van der Waals surface area contributed by atoms with Crippen LogP contribution in [0.2, 0.25) is 0 Å². The smallest absolute Gasteiger partial charge is 0.0593 e. The number of benzene rings is 1. The molecule has 3 N–H and O–H groups in total. The van der Waals surface area contributed by atoms with E-state index in [-0.39, 0.29) is 6.04 Å². The average molecular weight is 297 g/mol. The van der Waals surface area contributed by atoms with Gasteiger partial charge in [-0.15, -0.1) is 11.3 Å². The highest BCUT2D eigenvalue weighted by molar-refractivity contribution is 9.10. The highest BCUT2D eigenvalue weighted by Gasteiger charge is 2.12. The van der Waals surface area contributed by atoms with Gasteiger partial charge in [0.25, 0.3) is 0 Å². The summed E-state index contributed by atoms with van der Waals surface area (Å²) in [5.41, 5.74) is 4.13. The zero-order valence-electron chi connectivity index (χ0n) is 8.69. The van der Waals surface area contributed by atoms with Crippen molar-refractivity contribution in [2.75, 3.05) is 0 Å². The van der Waals surface area contributed by atoms with Crippen molar-refractivity contribution in [1.29, 1.82) is 0 Å². The van der Waals surface area contributed by atoms with Crippen LogP contribution >= 0.6 is 27.3 Å². The molecule has 2 rings (SSSR count). The molecular weight excluding hydrogens is 284 g/mol. The fourth-order valence-electron chi connectivity index (χ4n) is 1.62. The molecule has 1 unspecified atom stereocenters. The van der Waals surface area contributed by atoms with Crippen molar-refractivity contribution in [2.24, 2.45) is 5.84 Å². The minimum atomic E-state index is 0.179. The molecule has 0 saturated carbocycles. The second-order valence-electron chi connectivity index (χ2n) is 3.53. The predicted molar refractivity (Wildman–Crippen MR) is 72.2 cm³/mol. The number of hydrogen-bond acceptors (Lipinski definition) is 3. The van der Waals surface area contributed by atoms with Gasteiger partial charge >= 0.3 is 0 Å². The molecule has 84 valence electrons. The second kappa shape index (κ2) is 5.59. The number of hydrazine groups is 1. The summed E-state index contributed by atoms with van der Waals surface area (Å²) in [6.07, 6.45) is 0.887. The van der Waals surface area contributed by atoms with Crippen molar-refractivity contribution >= 4 is 27.3 Å². The number of halogens is 1. The Morgan fingerprint density at radius 1 is 1.25 bits per heavy atom. The van der Waals surface area contributed by atoms with E-state index in [9.17, 15) is 0 Å². The third-order valence-corrected chi connectivity index (χ3v) is 4.23. The van der Waals surface area contributed by atoms with Crippen LogP contribution in [0, 0.1) is 0 Å². The number of thiophene rings is 1. The Bertz CT molecular complexity index is 442. The molecule has 0 amide bonds.